The molecule has 0 aliphatic heterocycles. The Hall–Kier alpha value is -1.25. The van der Waals surface area contributed by atoms with Crippen molar-refractivity contribution in [2.75, 3.05) is 7.05 Å². The summed E-state index contributed by atoms with van der Waals surface area (Å²) < 4.78 is 0. The molecule has 1 aromatic rings. The van der Waals surface area contributed by atoms with E-state index >= 15 is 0 Å². The molecule has 0 fully saturated rings. The third-order valence-electron chi connectivity index (χ3n) is 5.33. The van der Waals surface area contributed by atoms with Gasteiger partial charge in [0, 0.05) is 12.8 Å². The molecule has 0 bridgehead atoms. The van der Waals surface area contributed by atoms with Crippen molar-refractivity contribution in [2.45, 2.75) is 78.6 Å². The Balaban J connectivity index is 2.37. The maximum absolute atomic E-state index is 10.9. The lowest BCUT2D eigenvalue weighted by Gasteiger charge is -2.28. The zero-order valence-electron chi connectivity index (χ0n) is 18.4. The Morgan fingerprint density at radius 3 is 1.86 bits per heavy atom. The molecule has 2 rings (SSSR count). The lowest BCUT2D eigenvalue weighted by atomic mass is 9.78. The highest BCUT2D eigenvalue weighted by molar-refractivity contribution is 6.46. The highest BCUT2D eigenvalue weighted by Crippen LogP contribution is 2.41. The van der Waals surface area contributed by atoms with Crippen LogP contribution in [0.1, 0.15) is 78.0 Å². The molecule has 0 aromatic heterocycles. The summed E-state index contributed by atoms with van der Waals surface area (Å²) >= 11 is 12.7. The van der Waals surface area contributed by atoms with Crippen molar-refractivity contribution in [1.29, 1.82) is 0 Å². The molecule has 28 heavy (non-hydrogen) atoms. The van der Waals surface area contributed by atoms with Gasteiger partial charge in [-0.1, -0.05) is 76.9 Å². The number of rotatable bonds is 4. The number of allylic oxidation sites excluding steroid dienone is 4. The summed E-state index contributed by atoms with van der Waals surface area (Å²) in [5, 5.41) is 12.2. The first-order valence-corrected chi connectivity index (χ1v) is 10.6. The van der Waals surface area contributed by atoms with Crippen molar-refractivity contribution < 1.29 is 5.11 Å². The molecule has 154 valence electrons. The summed E-state index contributed by atoms with van der Waals surface area (Å²) in [4.78, 5) is 4.50. The quantitative estimate of drug-likeness (QED) is 0.504. The topological polar surface area (TPSA) is 32.6 Å². The molecule has 4 heteroatoms. The number of halogens is 2. The molecule has 0 radical (unpaired) electrons. The largest absolute Gasteiger partial charge is 0.507 e. The minimum Gasteiger partial charge on any atom is -0.507 e. The van der Waals surface area contributed by atoms with E-state index in [2.05, 4.69) is 58.7 Å². The average molecular weight is 422 g/mol. The van der Waals surface area contributed by atoms with E-state index in [0.29, 0.717) is 15.8 Å². The Kier molecular flexibility index (Phi) is 6.78. The zero-order valence-corrected chi connectivity index (χ0v) is 19.9. The van der Waals surface area contributed by atoms with Gasteiger partial charge in [0.25, 0.3) is 0 Å². The Morgan fingerprint density at radius 1 is 1.00 bits per heavy atom. The number of hydrogen-bond donors (Lipinski definition) is 1. The van der Waals surface area contributed by atoms with Gasteiger partial charge in [0.2, 0.25) is 0 Å². The van der Waals surface area contributed by atoms with Gasteiger partial charge in [0.05, 0.1) is 10.1 Å². The number of aliphatic imine (C=N–C) groups is 1. The second-order valence-electron chi connectivity index (χ2n) is 9.77. The van der Waals surface area contributed by atoms with Gasteiger partial charge in [-0.25, -0.2) is 0 Å². The normalized spacial score (nSPS) is 16.4. The van der Waals surface area contributed by atoms with Crippen LogP contribution in [0.25, 0.3) is 0 Å². The Bertz CT molecular complexity index is 827. The zero-order chi connectivity index (χ0) is 21.4. The summed E-state index contributed by atoms with van der Waals surface area (Å²) in [5.74, 6) is 0.418. The monoisotopic (exact) mass is 421 g/mol. The van der Waals surface area contributed by atoms with E-state index in [1.165, 1.54) is 5.56 Å². The van der Waals surface area contributed by atoms with Gasteiger partial charge in [-0.05, 0) is 64.9 Å². The van der Waals surface area contributed by atoms with Crippen molar-refractivity contribution in [1.82, 2.24) is 0 Å². The number of aromatic hydroxyl groups is 1. The van der Waals surface area contributed by atoms with E-state index < -0.39 is 0 Å². The van der Waals surface area contributed by atoms with Crippen LogP contribution in [0.15, 0.2) is 38.3 Å². The van der Waals surface area contributed by atoms with Crippen LogP contribution in [0, 0.1) is 0 Å². The maximum atomic E-state index is 10.9. The maximum Gasteiger partial charge on any atom is 0.123 e. The fraction of sp³-hybridized carbons (Fsp3) is 0.542. The first-order valence-electron chi connectivity index (χ1n) is 9.84. The van der Waals surface area contributed by atoms with E-state index in [4.69, 9.17) is 23.2 Å². The van der Waals surface area contributed by atoms with Crippen LogP contribution in [0.3, 0.4) is 0 Å². The van der Waals surface area contributed by atoms with E-state index in [1.54, 1.807) is 0 Å². The molecule has 0 atom stereocenters. The molecule has 0 spiro atoms. The minimum absolute atomic E-state index is 0.131. The van der Waals surface area contributed by atoms with Crippen molar-refractivity contribution in [3.63, 3.8) is 0 Å². The molecular weight excluding hydrogens is 389 g/mol. The fourth-order valence-corrected chi connectivity index (χ4v) is 4.13. The predicted octanol–water partition coefficient (Wildman–Crippen LogP) is 7.40. The summed E-state index contributed by atoms with van der Waals surface area (Å²) in [6, 6.07) is 4.28. The van der Waals surface area contributed by atoms with Crippen LogP contribution in [-0.2, 0) is 17.3 Å². The average Bonchev–Trinajstić information content (AvgIpc) is 2.82. The lowest BCUT2D eigenvalue weighted by molar-refractivity contribution is 0.422. The first kappa shape index (κ1) is 23.0. The van der Waals surface area contributed by atoms with Gasteiger partial charge < -0.3 is 5.11 Å². The van der Waals surface area contributed by atoms with Crippen LogP contribution in [0.5, 0.6) is 5.75 Å². The van der Waals surface area contributed by atoms with Crippen LogP contribution >= 0.6 is 23.2 Å². The molecule has 1 aromatic carbocycles. The summed E-state index contributed by atoms with van der Waals surface area (Å²) in [6.45, 7) is 14.8. The van der Waals surface area contributed by atoms with Gasteiger partial charge in [-0.3, -0.25) is 4.99 Å². The smallest absolute Gasteiger partial charge is 0.123 e. The molecule has 1 aliphatic carbocycles. The van der Waals surface area contributed by atoms with Gasteiger partial charge in [0.15, 0.2) is 0 Å². The van der Waals surface area contributed by atoms with Crippen LogP contribution in [0.2, 0.25) is 0 Å². The Labute approximate surface area is 180 Å². The molecule has 0 saturated carbocycles. The first-order chi connectivity index (χ1) is 12.8. The summed E-state index contributed by atoms with van der Waals surface area (Å²) in [7, 11) is 1.81. The molecular formula is C24H33Cl2NO. The standard InChI is InChI=1S/C24H33Cl2NO/c1-14-11-16(21(26)20(14)25)19(27-8)10-9-15-12-17(23(2,3)4)22(28)18(13-15)24(5,6)7/h12-13,28H,9-11H2,1-8H3. The fourth-order valence-electron chi connectivity index (χ4n) is 3.61. The van der Waals surface area contributed by atoms with E-state index in [1.807, 2.05) is 14.0 Å². The second kappa shape index (κ2) is 8.24. The molecule has 1 aliphatic rings. The second-order valence-corrected chi connectivity index (χ2v) is 10.5. The van der Waals surface area contributed by atoms with Gasteiger partial charge >= 0.3 is 0 Å². The SMILES string of the molecule is CN=C(CCc1cc(C(C)(C)C)c(O)c(C(C)(C)C)c1)C1=C(Cl)C(Cl)=C(C)C1. The third kappa shape index (κ3) is 4.83. The van der Waals surface area contributed by atoms with E-state index in [9.17, 15) is 5.11 Å². The highest BCUT2D eigenvalue weighted by atomic mass is 35.5. The summed E-state index contributed by atoms with van der Waals surface area (Å²) in [5.41, 5.74) is 6.06. The number of benzene rings is 1. The predicted molar refractivity (Wildman–Crippen MR) is 123 cm³/mol. The number of aryl methyl sites for hydroxylation is 1. The molecule has 0 heterocycles. The van der Waals surface area contributed by atoms with E-state index in [-0.39, 0.29) is 10.8 Å². The van der Waals surface area contributed by atoms with Gasteiger partial charge in [-0.2, -0.15) is 0 Å². The Morgan fingerprint density at radius 2 is 1.50 bits per heavy atom. The summed E-state index contributed by atoms with van der Waals surface area (Å²) in [6.07, 6.45) is 2.39. The highest BCUT2D eigenvalue weighted by Gasteiger charge is 2.27. The number of phenolic OH excluding ortho intramolecular Hbond substituents is 1. The van der Waals surface area contributed by atoms with Gasteiger partial charge in [0.1, 0.15) is 5.75 Å². The molecule has 2 nitrogen and oxygen atoms in total. The third-order valence-corrected chi connectivity index (χ3v) is 6.35. The molecule has 0 amide bonds. The lowest BCUT2D eigenvalue weighted by Crippen LogP contribution is -2.18. The van der Waals surface area contributed by atoms with Crippen LogP contribution < -0.4 is 0 Å². The molecule has 0 unspecified atom stereocenters. The number of hydrogen-bond acceptors (Lipinski definition) is 2. The number of nitrogens with zero attached hydrogens (tertiary/aromatic N) is 1. The van der Waals surface area contributed by atoms with Crippen LogP contribution in [0.4, 0.5) is 0 Å². The minimum atomic E-state index is -0.131. The van der Waals surface area contributed by atoms with Crippen molar-refractivity contribution in [3.8, 4) is 5.75 Å². The van der Waals surface area contributed by atoms with Crippen molar-refractivity contribution >= 4 is 28.9 Å². The van der Waals surface area contributed by atoms with Crippen molar-refractivity contribution in [3.05, 3.63) is 50.0 Å². The van der Waals surface area contributed by atoms with Crippen LogP contribution in [-0.4, -0.2) is 17.9 Å². The number of phenols is 1. The molecule has 1 N–H and O–H groups in total. The molecule has 0 saturated heterocycles. The van der Waals surface area contributed by atoms with Crippen molar-refractivity contribution in [2.24, 2.45) is 4.99 Å². The van der Waals surface area contributed by atoms with E-state index in [0.717, 1.165) is 47.2 Å². The van der Waals surface area contributed by atoms with Gasteiger partial charge in [-0.15, -0.1) is 0 Å².